The number of aromatic nitrogens is 1. The van der Waals surface area contributed by atoms with Crippen LogP contribution in [0.2, 0.25) is 0 Å². The predicted molar refractivity (Wildman–Crippen MR) is 213 cm³/mol. The Labute approximate surface area is 330 Å². The number of ether oxygens (including phenoxy) is 2. The van der Waals surface area contributed by atoms with Crippen LogP contribution in [-0.2, 0) is 36.9 Å². The molecule has 296 valence electrons. The molecule has 0 saturated carbocycles. The van der Waals surface area contributed by atoms with E-state index in [-0.39, 0.29) is 68.5 Å². The topological polar surface area (TPSA) is 174 Å². The number of carbonyl (C=O) groups excluding carboxylic acids is 4. The zero-order chi connectivity index (χ0) is 39.3. The quantitative estimate of drug-likeness (QED) is 0.0875. The molecule has 1 unspecified atom stereocenters. The van der Waals surface area contributed by atoms with E-state index >= 15 is 0 Å². The summed E-state index contributed by atoms with van der Waals surface area (Å²) in [7, 11) is 0. The third kappa shape index (κ3) is 8.40. The number of hydrogen-bond donors (Lipinski definition) is 5. The molecule has 5 N–H and O–H groups in total. The zero-order valence-electron chi connectivity index (χ0n) is 31.6. The van der Waals surface area contributed by atoms with Crippen LogP contribution in [0.4, 0.5) is 17.1 Å². The summed E-state index contributed by atoms with van der Waals surface area (Å²) < 4.78 is 11.3. The summed E-state index contributed by atoms with van der Waals surface area (Å²) in [5.41, 5.74) is 8.33. The molecule has 4 aliphatic rings. The lowest BCUT2D eigenvalue weighted by molar-refractivity contribution is -0.137. The Morgan fingerprint density at radius 2 is 1.75 bits per heavy atom. The van der Waals surface area contributed by atoms with Crippen molar-refractivity contribution in [2.75, 3.05) is 62.1 Å². The Morgan fingerprint density at radius 3 is 2.60 bits per heavy atom. The van der Waals surface area contributed by atoms with Gasteiger partial charge in [0.25, 0.3) is 5.91 Å². The standard InChI is InChI=1S/C43H47N7O7/c51-25-37-32-13-17-49(23-27-11-14-44-15-12-27)41(32)33-22-29(7-8-36(33)47-37)28-3-1-4-30(21-28)46-40(53)26-57-20-19-56-18-16-45-35-6-2-5-31-34(35)24-50(43(31)55)38-9-10-39(52)48-42(38)54/h1-8,11-12,14-15,21-22,32,37-38,41,45,47,51H,9-10,13,16-20,23-26H2,(H,46,53)(H,48,52,54)/t32-,37-,38?,41-/m1/s1. The van der Waals surface area contributed by atoms with Gasteiger partial charge < -0.3 is 35.4 Å². The molecule has 4 aliphatic heterocycles. The minimum atomic E-state index is -0.664. The van der Waals surface area contributed by atoms with Gasteiger partial charge in [-0.3, -0.25) is 34.4 Å². The van der Waals surface area contributed by atoms with Gasteiger partial charge >= 0.3 is 0 Å². The molecule has 2 fully saturated rings. The molecule has 4 aromatic rings. The predicted octanol–water partition coefficient (Wildman–Crippen LogP) is 3.94. The van der Waals surface area contributed by atoms with Gasteiger partial charge in [-0.1, -0.05) is 24.3 Å². The Kier molecular flexibility index (Phi) is 11.5. The number of piperidine rings is 1. The van der Waals surface area contributed by atoms with E-state index < -0.39 is 11.9 Å². The number of fused-ring (bicyclic) bond motifs is 4. The monoisotopic (exact) mass is 773 g/mol. The van der Waals surface area contributed by atoms with E-state index in [0.29, 0.717) is 37.4 Å². The number of rotatable bonds is 15. The molecule has 14 nitrogen and oxygen atoms in total. The molecule has 0 aliphatic carbocycles. The van der Waals surface area contributed by atoms with Crippen molar-refractivity contribution in [1.29, 1.82) is 0 Å². The van der Waals surface area contributed by atoms with Crippen LogP contribution in [0.1, 0.15) is 52.4 Å². The van der Waals surface area contributed by atoms with Crippen LogP contribution in [0, 0.1) is 5.92 Å². The van der Waals surface area contributed by atoms with Gasteiger partial charge in [0.15, 0.2) is 0 Å². The van der Waals surface area contributed by atoms with E-state index in [9.17, 15) is 24.3 Å². The van der Waals surface area contributed by atoms with Gasteiger partial charge in [-0.2, -0.15) is 0 Å². The van der Waals surface area contributed by atoms with Gasteiger partial charge in [0, 0.05) is 78.6 Å². The molecule has 57 heavy (non-hydrogen) atoms. The van der Waals surface area contributed by atoms with E-state index in [0.717, 1.165) is 47.6 Å². The number of benzene rings is 3. The van der Waals surface area contributed by atoms with E-state index in [1.807, 2.05) is 42.7 Å². The second kappa shape index (κ2) is 17.2. The first-order chi connectivity index (χ1) is 27.9. The molecule has 2 saturated heterocycles. The smallest absolute Gasteiger partial charge is 0.255 e. The Bertz CT molecular complexity index is 2130. The Morgan fingerprint density at radius 1 is 0.930 bits per heavy atom. The van der Waals surface area contributed by atoms with Gasteiger partial charge in [0.05, 0.1) is 32.5 Å². The summed E-state index contributed by atoms with van der Waals surface area (Å²) >= 11 is 0. The van der Waals surface area contributed by atoms with Gasteiger partial charge in [-0.15, -0.1) is 0 Å². The first kappa shape index (κ1) is 38.2. The second-order valence-corrected chi connectivity index (χ2v) is 14.9. The summed E-state index contributed by atoms with van der Waals surface area (Å²) in [6.45, 7) is 3.41. The molecule has 0 spiro atoms. The summed E-state index contributed by atoms with van der Waals surface area (Å²) in [4.78, 5) is 58.1. The zero-order valence-corrected chi connectivity index (χ0v) is 31.6. The van der Waals surface area contributed by atoms with Crippen LogP contribution in [0.25, 0.3) is 11.1 Å². The molecule has 0 radical (unpaired) electrons. The maximum atomic E-state index is 13.1. The first-order valence-corrected chi connectivity index (χ1v) is 19.6. The maximum Gasteiger partial charge on any atom is 0.255 e. The van der Waals surface area contributed by atoms with E-state index in [1.165, 1.54) is 16.0 Å². The minimum absolute atomic E-state index is 0.00191. The number of hydrogen-bond acceptors (Lipinski definition) is 11. The van der Waals surface area contributed by atoms with Crippen molar-refractivity contribution in [1.82, 2.24) is 20.1 Å². The summed E-state index contributed by atoms with van der Waals surface area (Å²) in [6.07, 6.45) is 5.18. The molecule has 4 atom stereocenters. The highest BCUT2D eigenvalue weighted by Crippen LogP contribution is 2.48. The largest absolute Gasteiger partial charge is 0.394 e. The molecule has 3 aromatic carbocycles. The van der Waals surface area contributed by atoms with Crippen LogP contribution >= 0.6 is 0 Å². The molecule has 1 aromatic heterocycles. The maximum absolute atomic E-state index is 13.1. The van der Waals surface area contributed by atoms with E-state index in [4.69, 9.17) is 9.47 Å². The number of pyridine rings is 1. The average Bonchev–Trinajstić information content (AvgIpc) is 3.80. The molecular formula is C43H47N7O7. The summed E-state index contributed by atoms with van der Waals surface area (Å²) in [6, 6.07) is 23.2. The third-order valence-corrected chi connectivity index (χ3v) is 11.3. The molecule has 0 bridgehead atoms. The van der Waals surface area contributed by atoms with Gasteiger partial charge in [-0.05, 0) is 90.2 Å². The van der Waals surface area contributed by atoms with Crippen LogP contribution < -0.4 is 21.3 Å². The number of nitrogens with zero attached hydrogens (tertiary/aromatic N) is 3. The number of imide groups is 1. The highest BCUT2D eigenvalue weighted by molar-refractivity contribution is 6.06. The number of amides is 4. The van der Waals surface area contributed by atoms with Gasteiger partial charge in [-0.25, -0.2) is 0 Å². The molecule has 14 heteroatoms. The fourth-order valence-electron chi connectivity index (χ4n) is 8.61. The average molecular weight is 774 g/mol. The number of aliphatic hydroxyl groups is 1. The number of nitrogens with one attached hydrogen (secondary N) is 4. The summed E-state index contributed by atoms with van der Waals surface area (Å²) in [5, 5.41) is 22.4. The third-order valence-electron chi connectivity index (χ3n) is 11.3. The highest BCUT2D eigenvalue weighted by atomic mass is 16.5. The normalized spacial score (nSPS) is 21.4. The minimum Gasteiger partial charge on any atom is -0.394 e. The lowest BCUT2D eigenvalue weighted by Crippen LogP contribution is -2.52. The number of likely N-dealkylation sites (tertiary alicyclic amines) is 1. The number of anilines is 3. The fourth-order valence-corrected chi connectivity index (χ4v) is 8.61. The van der Waals surface area contributed by atoms with Crippen molar-refractivity contribution in [3.63, 3.8) is 0 Å². The lowest BCUT2D eigenvalue weighted by atomic mass is 9.82. The Balaban J connectivity index is 0.790. The van der Waals surface area contributed by atoms with Crippen molar-refractivity contribution in [3.8, 4) is 11.1 Å². The number of aliphatic hydroxyl groups excluding tert-OH is 1. The first-order valence-electron chi connectivity index (χ1n) is 19.6. The Hall–Kier alpha value is -5.67. The SMILES string of the molecule is O=C1CCC(N2Cc3c(NCCOCCOCC(=O)Nc4cccc(-c5ccc6c(c5)[C@H]5[C@H](CCN5Cc5ccncc5)[C@@H](CO)N6)c4)cccc3C2=O)C(=O)N1. The van der Waals surface area contributed by atoms with Crippen molar-refractivity contribution in [2.45, 2.75) is 50.5 Å². The fraction of sp³-hybridized carbons (Fsp3) is 0.372. The summed E-state index contributed by atoms with van der Waals surface area (Å²) in [5.74, 6) is -0.945. The van der Waals surface area contributed by atoms with Crippen LogP contribution in [0.5, 0.6) is 0 Å². The van der Waals surface area contributed by atoms with E-state index in [2.05, 4.69) is 61.5 Å². The van der Waals surface area contributed by atoms with Crippen LogP contribution in [-0.4, -0.2) is 102 Å². The lowest BCUT2D eigenvalue weighted by Gasteiger charge is -2.39. The molecule has 5 heterocycles. The van der Waals surface area contributed by atoms with Crippen molar-refractivity contribution >= 4 is 40.7 Å². The van der Waals surface area contributed by atoms with E-state index in [1.54, 1.807) is 12.1 Å². The number of carbonyl (C=O) groups is 4. The van der Waals surface area contributed by atoms with Crippen molar-refractivity contribution in [2.24, 2.45) is 5.92 Å². The van der Waals surface area contributed by atoms with Gasteiger partial charge in [0.1, 0.15) is 12.6 Å². The van der Waals surface area contributed by atoms with Crippen LogP contribution in [0.15, 0.2) is 85.2 Å². The second-order valence-electron chi connectivity index (χ2n) is 14.9. The van der Waals surface area contributed by atoms with Crippen molar-refractivity contribution < 1.29 is 33.8 Å². The molecule has 8 rings (SSSR count). The molecule has 4 amide bonds. The highest BCUT2D eigenvalue weighted by Gasteiger charge is 2.44. The van der Waals surface area contributed by atoms with Crippen LogP contribution in [0.3, 0.4) is 0 Å². The van der Waals surface area contributed by atoms with Crippen molar-refractivity contribution in [3.05, 3.63) is 107 Å². The molecular weight excluding hydrogens is 727 g/mol. The van der Waals surface area contributed by atoms with Gasteiger partial charge in [0.2, 0.25) is 17.7 Å².